The maximum absolute atomic E-state index is 12.4. The third-order valence-electron chi connectivity index (χ3n) is 3.28. The summed E-state index contributed by atoms with van der Waals surface area (Å²) >= 11 is 0. The second-order valence-corrected chi connectivity index (χ2v) is 6.50. The molecule has 0 atom stereocenters. The molecule has 124 valence electrons. The molecular formula is C20H22N2O2. The predicted molar refractivity (Wildman–Crippen MR) is 96.8 cm³/mol. The number of hydrogen-bond donors (Lipinski definition) is 0. The summed E-state index contributed by atoms with van der Waals surface area (Å²) in [5, 5.41) is 0. The number of ether oxygens (including phenoxy) is 1. The lowest BCUT2D eigenvalue weighted by Gasteiger charge is -2.26. The molecule has 2 rings (SSSR count). The summed E-state index contributed by atoms with van der Waals surface area (Å²) in [6.45, 7) is 7.46. The summed E-state index contributed by atoms with van der Waals surface area (Å²) in [6, 6.07) is 11.9. The van der Waals surface area contributed by atoms with Crippen LogP contribution in [0.15, 0.2) is 42.6 Å². The normalized spacial score (nSPS) is 10.8. The minimum atomic E-state index is -0.595. The lowest BCUT2D eigenvalue weighted by molar-refractivity contribution is 0.0583. The number of carbonyl (C=O) groups excluding carboxylic acids is 1. The van der Waals surface area contributed by atoms with Crippen molar-refractivity contribution in [3.05, 3.63) is 48.2 Å². The highest BCUT2D eigenvalue weighted by atomic mass is 16.6. The van der Waals surface area contributed by atoms with Gasteiger partial charge in [-0.05, 0) is 44.9 Å². The fourth-order valence-electron chi connectivity index (χ4n) is 2.27. The van der Waals surface area contributed by atoms with Gasteiger partial charge in [0.1, 0.15) is 11.4 Å². The van der Waals surface area contributed by atoms with E-state index in [9.17, 15) is 4.79 Å². The van der Waals surface area contributed by atoms with Gasteiger partial charge >= 0.3 is 6.09 Å². The average molecular weight is 322 g/mol. The Labute approximate surface area is 143 Å². The largest absolute Gasteiger partial charge is 0.443 e. The summed E-state index contributed by atoms with van der Waals surface area (Å²) in [5.41, 5.74) is 2.32. The number of pyridine rings is 1. The molecule has 1 amide bonds. The molecule has 4 nitrogen and oxygen atoms in total. The van der Waals surface area contributed by atoms with E-state index in [2.05, 4.69) is 10.9 Å². The summed E-state index contributed by atoms with van der Waals surface area (Å²) < 4.78 is 5.43. The van der Waals surface area contributed by atoms with Crippen LogP contribution in [0.5, 0.6) is 0 Å². The Hall–Kier alpha value is -2.80. The topological polar surface area (TPSA) is 42.4 Å². The molecule has 1 aromatic carbocycles. The van der Waals surface area contributed by atoms with E-state index in [0.717, 1.165) is 16.7 Å². The van der Waals surface area contributed by atoms with Gasteiger partial charge in [-0.25, -0.2) is 14.7 Å². The first-order valence-electron chi connectivity index (χ1n) is 7.78. The fourth-order valence-corrected chi connectivity index (χ4v) is 2.27. The maximum atomic E-state index is 12.4. The van der Waals surface area contributed by atoms with Gasteiger partial charge in [-0.2, -0.15) is 0 Å². The van der Waals surface area contributed by atoms with Crippen molar-refractivity contribution < 1.29 is 9.53 Å². The number of terminal acetylenes is 1. The molecular weight excluding hydrogens is 300 g/mol. The third kappa shape index (κ3) is 4.36. The Morgan fingerprint density at radius 2 is 1.92 bits per heavy atom. The van der Waals surface area contributed by atoms with Crippen LogP contribution in [0.25, 0.3) is 11.1 Å². The summed E-state index contributed by atoms with van der Waals surface area (Å²) in [6.07, 6.45) is 6.66. The van der Waals surface area contributed by atoms with Crippen molar-refractivity contribution >= 4 is 11.9 Å². The quantitative estimate of drug-likeness (QED) is 0.785. The zero-order valence-corrected chi connectivity index (χ0v) is 14.5. The second kappa shape index (κ2) is 7.18. The first-order chi connectivity index (χ1) is 11.3. The van der Waals surface area contributed by atoms with Crippen molar-refractivity contribution in [2.75, 3.05) is 11.4 Å². The summed E-state index contributed by atoms with van der Waals surface area (Å²) in [4.78, 5) is 18.3. The second-order valence-electron chi connectivity index (χ2n) is 6.50. The van der Waals surface area contributed by atoms with Gasteiger partial charge in [0.05, 0.1) is 6.54 Å². The zero-order chi connectivity index (χ0) is 17.7. The summed E-state index contributed by atoms with van der Waals surface area (Å²) in [5.74, 6) is 3.01. The van der Waals surface area contributed by atoms with E-state index in [4.69, 9.17) is 11.2 Å². The van der Waals surface area contributed by atoms with Gasteiger partial charge in [0.2, 0.25) is 0 Å². The van der Waals surface area contributed by atoms with Gasteiger partial charge < -0.3 is 4.74 Å². The lowest BCUT2D eigenvalue weighted by Crippen LogP contribution is -2.38. The van der Waals surface area contributed by atoms with Gasteiger partial charge in [0, 0.05) is 11.8 Å². The predicted octanol–water partition coefficient (Wildman–Crippen LogP) is 4.43. The van der Waals surface area contributed by atoms with Crippen molar-refractivity contribution in [1.29, 1.82) is 0 Å². The molecule has 0 saturated carbocycles. The number of rotatable bonds is 3. The van der Waals surface area contributed by atoms with E-state index in [1.807, 2.05) is 64.1 Å². The fraction of sp³-hybridized carbons (Fsp3) is 0.300. The molecule has 0 aliphatic heterocycles. The van der Waals surface area contributed by atoms with E-state index in [-0.39, 0.29) is 6.54 Å². The monoisotopic (exact) mass is 322 g/mol. The molecule has 0 saturated heterocycles. The number of anilines is 1. The number of carbonyl (C=O) groups is 1. The van der Waals surface area contributed by atoms with E-state index in [0.29, 0.717) is 5.82 Å². The van der Waals surface area contributed by atoms with Gasteiger partial charge in [0.15, 0.2) is 0 Å². The van der Waals surface area contributed by atoms with Crippen LogP contribution in [-0.4, -0.2) is 23.2 Å². The van der Waals surface area contributed by atoms with Gasteiger partial charge in [-0.1, -0.05) is 36.3 Å². The van der Waals surface area contributed by atoms with Crippen LogP contribution in [0, 0.1) is 19.3 Å². The molecule has 0 radical (unpaired) electrons. The van der Waals surface area contributed by atoms with Crippen molar-refractivity contribution in [2.45, 2.75) is 33.3 Å². The number of nitrogens with zero attached hydrogens (tertiary/aromatic N) is 2. The molecule has 0 unspecified atom stereocenters. The highest BCUT2D eigenvalue weighted by molar-refractivity contribution is 5.88. The van der Waals surface area contributed by atoms with Crippen LogP contribution in [-0.2, 0) is 4.74 Å². The summed E-state index contributed by atoms with van der Waals surface area (Å²) in [7, 11) is 0. The molecule has 0 aliphatic rings. The number of amides is 1. The molecule has 0 spiro atoms. The lowest BCUT2D eigenvalue weighted by atomic mass is 10.1. The Bertz CT molecular complexity index is 755. The number of hydrogen-bond acceptors (Lipinski definition) is 3. The molecule has 1 aromatic heterocycles. The van der Waals surface area contributed by atoms with Crippen LogP contribution < -0.4 is 4.90 Å². The van der Waals surface area contributed by atoms with Crippen LogP contribution in [0.2, 0.25) is 0 Å². The number of aryl methyl sites for hydroxylation is 1. The van der Waals surface area contributed by atoms with E-state index >= 15 is 0 Å². The van der Waals surface area contributed by atoms with E-state index in [1.165, 1.54) is 4.90 Å². The zero-order valence-electron chi connectivity index (χ0n) is 14.5. The number of benzene rings is 1. The standard InChI is InChI=1S/C20H22N2O2/c1-6-12-22(19(23)24-20(3,4)5)18-15(2)13-17(14-21-18)16-10-8-7-9-11-16/h1,7-11,13-14H,12H2,2-5H3. The highest BCUT2D eigenvalue weighted by Gasteiger charge is 2.24. The van der Waals surface area contributed by atoms with Gasteiger partial charge in [-0.3, -0.25) is 0 Å². The van der Waals surface area contributed by atoms with Crippen LogP contribution in [0.3, 0.4) is 0 Å². The van der Waals surface area contributed by atoms with Crippen molar-refractivity contribution in [3.8, 4) is 23.5 Å². The third-order valence-corrected chi connectivity index (χ3v) is 3.28. The Kier molecular flexibility index (Phi) is 5.25. The Balaban J connectivity index is 2.34. The molecule has 0 N–H and O–H groups in total. The van der Waals surface area contributed by atoms with E-state index < -0.39 is 11.7 Å². The minimum absolute atomic E-state index is 0.105. The Morgan fingerprint density at radius 3 is 2.46 bits per heavy atom. The van der Waals surface area contributed by atoms with Crippen molar-refractivity contribution in [3.63, 3.8) is 0 Å². The first-order valence-corrected chi connectivity index (χ1v) is 7.78. The molecule has 24 heavy (non-hydrogen) atoms. The van der Waals surface area contributed by atoms with E-state index in [1.54, 1.807) is 6.20 Å². The molecule has 0 fully saturated rings. The van der Waals surface area contributed by atoms with Crippen molar-refractivity contribution in [2.24, 2.45) is 0 Å². The number of aromatic nitrogens is 1. The van der Waals surface area contributed by atoms with Crippen LogP contribution in [0.1, 0.15) is 26.3 Å². The molecule has 2 aromatic rings. The van der Waals surface area contributed by atoms with Gasteiger partial charge in [-0.15, -0.1) is 6.42 Å². The average Bonchev–Trinajstić information content (AvgIpc) is 2.52. The highest BCUT2D eigenvalue weighted by Crippen LogP contribution is 2.25. The molecule has 0 aliphatic carbocycles. The van der Waals surface area contributed by atoms with Crippen LogP contribution >= 0.6 is 0 Å². The Morgan fingerprint density at radius 1 is 1.25 bits per heavy atom. The van der Waals surface area contributed by atoms with Crippen molar-refractivity contribution in [1.82, 2.24) is 4.98 Å². The first kappa shape index (κ1) is 17.6. The molecule has 4 heteroatoms. The molecule has 1 heterocycles. The van der Waals surface area contributed by atoms with Crippen LogP contribution in [0.4, 0.5) is 10.6 Å². The smallest absolute Gasteiger partial charge is 0.416 e. The molecule has 0 bridgehead atoms. The minimum Gasteiger partial charge on any atom is -0.443 e. The maximum Gasteiger partial charge on any atom is 0.416 e. The van der Waals surface area contributed by atoms with Gasteiger partial charge in [0.25, 0.3) is 0 Å². The SMILES string of the molecule is C#CCN(C(=O)OC(C)(C)C)c1ncc(-c2ccccc2)cc1C.